The highest BCUT2D eigenvalue weighted by Crippen LogP contribution is 2.23. The summed E-state index contributed by atoms with van der Waals surface area (Å²) in [5.41, 5.74) is 2.85. The van der Waals surface area contributed by atoms with Crippen molar-refractivity contribution in [1.82, 2.24) is 9.88 Å². The molecule has 1 aliphatic rings. The van der Waals surface area contributed by atoms with Crippen molar-refractivity contribution in [2.45, 2.75) is 58.3 Å². The van der Waals surface area contributed by atoms with Gasteiger partial charge in [0.2, 0.25) is 0 Å². The Kier molecular flexibility index (Phi) is 4.05. The van der Waals surface area contributed by atoms with Crippen LogP contribution in [0.1, 0.15) is 39.2 Å². The van der Waals surface area contributed by atoms with E-state index in [1.165, 1.54) is 29.3 Å². The average Bonchev–Trinajstić information content (AvgIpc) is 3.06. The van der Waals surface area contributed by atoms with Crippen molar-refractivity contribution in [2.75, 3.05) is 6.61 Å². The second-order valence-corrected chi connectivity index (χ2v) is 7.06. The Balaban J connectivity index is 1.86. The number of rotatable bonds is 4. The highest BCUT2D eigenvalue weighted by Gasteiger charge is 2.18. The molecule has 2 heterocycles. The number of hydrogen-bond donors (Lipinski definition) is 1. The number of para-hydroxylation sites is 1. The summed E-state index contributed by atoms with van der Waals surface area (Å²) in [6.07, 6.45) is 4.96. The minimum Gasteiger partial charge on any atom is -0.376 e. The van der Waals surface area contributed by atoms with Crippen LogP contribution in [0.4, 0.5) is 0 Å². The normalized spacial score (nSPS) is 19.5. The SMILES string of the molecule is CC(C)(C)NCc1cccc2ccn(CC3CCCO3)c12. The third kappa shape index (κ3) is 3.47. The van der Waals surface area contributed by atoms with E-state index >= 15 is 0 Å². The van der Waals surface area contributed by atoms with Crippen molar-refractivity contribution in [3.8, 4) is 0 Å². The predicted octanol–water partition coefficient (Wildman–Crippen LogP) is 3.71. The Morgan fingerprint density at radius 3 is 2.86 bits per heavy atom. The third-order valence-electron chi connectivity index (χ3n) is 4.11. The molecule has 0 radical (unpaired) electrons. The van der Waals surface area contributed by atoms with E-state index in [1.807, 2.05) is 0 Å². The maximum absolute atomic E-state index is 5.79. The summed E-state index contributed by atoms with van der Waals surface area (Å²) < 4.78 is 8.16. The second kappa shape index (κ2) is 5.82. The first kappa shape index (κ1) is 14.6. The molecule has 1 aromatic carbocycles. The van der Waals surface area contributed by atoms with Gasteiger partial charge in [0.25, 0.3) is 0 Å². The molecule has 1 saturated heterocycles. The molecule has 1 aromatic heterocycles. The number of hydrogen-bond acceptors (Lipinski definition) is 2. The molecule has 3 nitrogen and oxygen atoms in total. The zero-order chi connectivity index (χ0) is 14.9. The van der Waals surface area contributed by atoms with Crippen molar-refractivity contribution >= 4 is 10.9 Å². The van der Waals surface area contributed by atoms with Gasteiger partial charge in [-0.15, -0.1) is 0 Å². The van der Waals surface area contributed by atoms with Gasteiger partial charge in [0.15, 0.2) is 0 Å². The van der Waals surface area contributed by atoms with Gasteiger partial charge in [0.05, 0.1) is 11.6 Å². The molecular formula is C18H26N2O. The van der Waals surface area contributed by atoms with Crippen LogP contribution in [0.15, 0.2) is 30.5 Å². The van der Waals surface area contributed by atoms with Crippen molar-refractivity contribution < 1.29 is 4.74 Å². The lowest BCUT2D eigenvalue weighted by atomic mass is 10.1. The molecule has 1 aliphatic heterocycles. The van der Waals surface area contributed by atoms with E-state index in [9.17, 15) is 0 Å². The second-order valence-electron chi connectivity index (χ2n) is 7.06. The van der Waals surface area contributed by atoms with Crippen LogP contribution in [0.25, 0.3) is 10.9 Å². The first-order valence-electron chi connectivity index (χ1n) is 7.96. The fraction of sp³-hybridized carbons (Fsp3) is 0.556. The monoisotopic (exact) mass is 286 g/mol. The van der Waals surface area contributed by atoms with E-state index in [0.29, 0.717) is 6.10 Å². The molecule has 1 atom stereocenters. The highest BCUT2D eigenvalue weighted by atomic mass is 16.5. The molecule has 2 aromatic rings. The minimum atomic E-state index is 0.133. The molecule has 0 saturated carbocycles. The van der Waals surface area contributed by atoms with Gasteiger partial charge in [0.1, 0.15) is 0 Å². The van der Waals surface area contributed by atoms with Crippen LogP contribution in [0, 0.1) is 0 Å². The molecule has 1 fully saturated rings. The maximum atomic E-state index is 5.79. The van der Waals surface area contributed by atoms with Crippen LogP contribution in [0.2, 0.25) is 0 Å². The molecule has 1 unspecified atom stereocenters. The molecule has 1 N–H and O–H groups in total. The molecule has 21 heavy (non-hydrogen) atoms. The molecule has 0 spiro atoms. The van der Waals surface area contributed by atoms with Gasteiger partial charge < -0.3 is 14.6 Å². The minimum absolute atomic E-state index is 0.133. The lowest BCUT2D eigenvalue weighted by Crippen LogP contribution is -2.35. The van der Waals surface area contributed by atoms with Crippen molar-refractivity contribution in [3.63, 3.8) is 0 Å². The van der Waals surface area contributed by atoms with Gasteiger partial charge in [-0.25, -0.2) is 0 Å². The van der Waals surface area contributed by atoms with Crippen LogP contribution < -0.4 is 5.32 Å². The van der Waals surface area contributed by atoms with Crippen molar-refractivity contribution in [2.24, 2.45) is 0 Å². The number of benzene rings is 1. The quantitative estimate of drug-likeness (QED) is 0.927. The molecular weight excluding hydrogens is 260 g/mol. The first-order valence-corrected chi connectivity index (χ1v) is 7.96. The van der Waals surface area contributed by atoms with Crippen LogP contribution in [0.5, 0.6) is 0 Å². The molecule has 0 bridgehead atoms. The number of fused-ring (bicyclic) bond motifs is 1. The Hall–Kier alpha value is -1.32. The fourth-order valence-electron chi connectivity index (χ4n) is 3.00. The van der Waals surface area contributed by atoms with Crippen molar-refractivity contribution in [3.05, 3.63) is 36.0 Å². The van der Waals surface area contributed by atoms with Gasteiger partial charge in [-0.05, 0) is 50.6 Å². The van der Waals surface area contributed by atoms with Crippen LogP contribution in [0.3, 0.4) is 0 Å². The zero-order valence-corrected chi connectivity index (χ0v) is 13.4. The van der Waals surface area contributed by atoms with E-state index in [2.05, 4.69) is 61.1 Å². The predicted molar refractivity (Wildman–Crippen MR) is 87.5 cm³/mol. The van der Waals surface area contributed by atoms with E-state index in [0.717, 1.165) is 19.7 Å². The van der Waals surface area contributed by atoms with Crippen LogP contribution in [-0.2, 0) is 17.8 Å². The van der Waals surface area contributed by atoms with Crippen LogP contribution >= 0.6 is 0 Å². The summed E-state index contributed by atoms with van der Waals surface area (Å²) in [5, 5.41) is 4.92. The Bertz CT molecular complexity index is 603. The summed E-state index contributed by atoms with van der Waals surface area (Å²) in [7, 11) is 0. The Morgan fingerprint density at radius 2 is 2.14 bits per heavy atom. The molecule has 3 rings (SSSR count). The van der Waals surface area contributed by atoms with E-state index in [4.69, 9.17) is 4.74 Å². The van der Waals surface area contributed by atoms with Gasteiger partial charge in [-0.1, -0.05) is 18.2 Å². The lowest BCUT2D eigenvalue weighted by Gasteiger charge is -2.21. The summed E-state index contributed by atoms with van der Waals surface area (Å²) >= 11 is 0. The first-order chi connectivity index (χ1) is 10.0. The number of ether oxygens (including phenoxy) is 1. The maximum Gasteiger partial charge on any atom is 0.0754 e. The molecule has 0 amide bonds. The van der Waals surface area contributed by atoms with Crippen LogP contribution in [-0.4, -0.2) is 22.8 Å². The summed E-state index contributed by atoms with van der Waals surface area (Å²) in [4.78, 5) is 0. The van der Waals surface area contributed by atoms with Gasteiger partial charge in [0, 0.05) is 31.4 Å². The molecule has 3 heteroatoms. The Morgan fingerprint density at radius 1 is 1.29 bits per heavy atom. The summed E-state index contributed by atoms with van der Waals surface area (Å²) in [6, 6.07) is 8.79. The number of nitrogens with one attached hydrogen (secondary N) is 1. The number of aromatic nitrogens is 1. The van der Waals surface area contributed by atoms with E-state index in [1.54, 1.807) is 0 Å². The summed E-state index contributed by atoms with van der Waals surface area (Å²) in [5.74, 6) is 0. The lowest BCUT2D eigenvalue weighted by molar-refractivity contribution is 0.0980. The largest absolute Gasteiger partial charge is 0.376 e. The fourth-order valence-corrected chi connectivity index (χ4v) is 3.00. The standard InChI is InChI=1S/C18H26N2O/c1-18(2,3)19-12-15-7-4-6-14-9-10-20(17(14)15)13-16-8-5-11-21-16/h4,6-7,9-10,16,19H,5,8,11-13H2,1-3H3. The van der Waals surface area contributed by atoms with Gasteiger partial charge in [-0.3, -0.25) is 0 Å². The molecule has 114 valence electrons. The smallest absolute Gasteiger partial charge is 0.0754 e. The third-order valence-corrected chi connectivity index (χ3v) is 4.11. The topological polar surface area (TPSA) is 26.2 Å². The van der Waals surface area contributed by atoms with Gasteiger partial charge >= 0.3 is 0 Å². The van der Waals surface area contributed by atoms with Crippen molar-refractivity contribution in [1.29, 1.82) is 0 Å². The Labute approximate surface area is 127 Å². The highest BCUT2D eigenvalue weighted by molar-refractivity contribution is 5.83. The average molecular weight is 286 g/mol. The van der Waals surface area contributed by atoms with Gasteiger partial charge in [-0.2, -0.15) is 0 Å². The molecule has 0 aliphatic carbocycles. The van der Waals surface area contributed by atoms with E-state index in [-0.39, 0.29) is 5.54 Å². The number of nitrogens with zero attached hydrogens (tertiary/aromatic N) is 1. The summed E-state index contributed by atoms with van der Waals surface area (Å²) in [6.45, 7) is 9.41. The van der Waals surface area contributed by atoms with E-state index < -0.39 is 0 Å². The zero-order valence-electron chi connectivity index (χ0n) is 13.4.